The molecule has 4 rings (SSSR count). The van der Waals surface area contributed by atoms with Gasteiger partial charge in [-0.25, -0.2) is 9.97 Å². The molecule has 1 saturated heterocycles. The van der Waals surface area contributed by atoms with Gasteiger partial charge in [0.2, 0.25) is 0 Å². The van der Waals surface area contributed by atoms with Crippen molar-refractivity contribution in [2.75, 3.05) is 18.8 Å². The molecule has 0 radical (unpaired) electrons. The number of fused-ring (bicyclic) bond motifs is 3. The van der Waals surface area contributed by atoms with E-state index in [2.05, 4.69) is 9.88 Å². The van der Waals surface area contributed by atoms with Gasteiger partial charge in [-0.1, -0.05) is 0 Å². The van der Waals surface area contributed by atoms with Crippen LogP contribution in [-0.4, -0.2) is 39.2 Å². The van der Waals surface area contributed by atoms with Crippen LogP contribution in [0.3, 0.4) is 0 Å². The number of nitrogens with zero attached hydrogens (tertiary/aromatic N) is 3. The van der Waals surface area contributed by atoms with Gasteiger partial charge in [-0.05, 0) is 37.7 Å². The highest BCUT2D eigenvalue weighted by Crippen LogP contribution is 2.37. The number of aryl methyl sites for hydroxylation is 2. The smallest absolute Gasteiger partial charge is 0.146 e. The predicted octanol–water partition coefficient (Wildman–Crippen LogP) is 1.72. The van der Waals surface area contributed by atoms with E-state index >= 15 is 0 Å². The summed E-state index contributed by atoms with van der Waals surface area (Å²) in [5, 5.41) is 10.7. The van der Waals surface area contributed by atoms with Gasteiger partial charge in [-0.3, -0.25) is 4.90 Å². The number of likely N-dealkylation sites (tertiary alicyclic amines) is 1. The minimum atomic E-state index is -0.208. The molecule has 112 valence electrons. The van der Waals surface area contributed by atoms with E-state index in [1.54, 1.807) is 11.3 Å². The summed E-state index contributed by atoms with van der Waals surface area (Å²) in [6.07, 6.45) is 5.41. The molecule has 21 heavy (non-hydrogen) atoms. The number of rotatable bonds is 2. The van der Waals surface area contributed by atoms with Crippen molar-refractivity contribution in [3.05, 3.63) is 16.3 Å². The normalized spacial score (nSPS) is 22.8. The van der Waals surface area contributed by atoms with Crippen LogP contribution in [-0.2, 0) is 19.4 Å². The van der Waals surface area contributed by atoms with E-state index in [0.29, 0.717) is 18.9 Å². The van der Waals surface area contributed by atoms with Crippen molar-refractivity contribution in [2.24, 2.45) is 0 Å². The average molecular weight is 304 g/mol. The highest BCUT2D eigenvalue weighted by molar-refractivity contribution is 7.19. The number of nitrogens with two attached hydrogens (primary N) is 1. The number of aliphatic hydroxyl groups is 1. The molecular formula is C15H20N4OS. The first-order chi connectivity index (χ1) is 10.2. The highest BCUT2D eigenvalue weighted by Gasteiger charge is 2.23. The van der Waals surface area contributed by atoms with Crippen LogP contribution in [0.5, 0.6) is 0 Å². The highest BCUT2D eigenvalue weighted by atomic mass is 32.1. The molecule has 2 aliphatic rings. The van der Waals surface area contributed by atoms with Crippen molar-refractivity contribution < 1.29 is 5.11 Å². The van der Waals surface area contributed by atoms with E-state index < -0.39 is 0 Å². The number of nitrogen functional groups attached to an aromatic ring is 1. The molecule has 0 unspecified atom stereocenters. The number of anilines is 1. The first-order valence-corrected chi connectivity index (χ1v) is 8.49. The Morgan fingerprint density at radius 1 is 1.29 bits per heavy atom. The van der Waals surface area contributed by atoms with Gasteiger partial charge in [-0.2, -0.15) is 0 Å². The van der Waals surface area contributed by atoms with E-state index in [1.165, 1.54) is 23.3 Å². The molecule has 0 aromatic carbocycles. The molecule has 0 spiro atoms. The lowest BCUT2D eigenvalue weighted by Gasteiger charge is -2.14. The van der Waals surface area contributed by atoms with E-state index in [9.17, 15) is 5.11 Å². The van der Waals surface area contributed by atoms with Crippen LogP contribution in [0.2, 0.25) is 0 Å². The van der Waals surface area contributed by atoms with Gasteiger partial charge < -0.3 is 10.8 Å². The molecule has 3 N–H and O–H groups in total. The second kappa shape index (κ2) is 5.19. The van der Waals surface area contributed by atoms with Crippen molar-refractivity contribution in [2.45, 2.75) is 44.8 Å². The molecule has 1 atom stereocenters. The van der Waals surface area contributed by atoms with Gasteiger partial charge in [0.05, 0.1) is 18.0 Å². The Morgan fingerprint density at radius 3 is 2.95 bits per heavy atom. The van der Waals surface area contributed by atoms with Crippen LogP contribution < -0.4 is 5.73 Å². The van der Waals surface area contributed by atoms with Gasteiger partial charge in [0.25, 0.3) is 0 Å². The van der Waals surface area contributed by atoms with E-state index in [0.717, 1.165) is 41.8 Å². The second-order valence-corrected chi connectivity index (χ2v) is 7.18. The summed E-state index contributed by atoms with van der Waals surface area (Å²) < 4.78 is 0. The molecule has 0 bridgehead atoms. The number of thiophene rings is 1. The maximum atomic E-state index is 9.61. The largest absolute Gasteiger partial charge is 0.392 e. The third kappa shape index (κ3) is 2.41. The maximum Gasteiger partial charge on any atom is 0.146 e. The third-order valence-electron chi connectivity index (χ3n) is 4.50. The number of hydrogen-bond acceptors (Lipinski definition) is 6. The number of hydrogen-bond donors (Lipinski definition) is 2. The second-order valence-electron chi connectivity index (χ2n) is 6.09. The summed E-state index contributed by atoms with van der Waals surface area (Å²) in [6, 6.07) is 0. The summed E-state index contributed by atoms with van der Waals surface area (Å²) in [5.74, 6) is 1.42. The van der Waals surface area contributed by atoms with Crippen molar-refractivity contribution in [1.82, 2.24) is 14.9 Å². The topological polar surface area (TPSA) is 75.3 Å². The first-order valence-electron chi connectivity index (χ1n) is 7.68. The fourth-order valence-electron chi connectivity index (χ4n) is 3.46. The van der Waals surface area contributed by atoms with Crippen LogP contribution in [0.1, 0.15) is 35.5 Å². The van der Waals surface area contributed by atoms with Crippen LogP contribution in [0.15, 0.2) is 0 Å². The van der Waals surface area contributed by atoms with Crippen molar-refractivity contribution in [3.63, 3.8) is 0 Å². The number of β-amino-alcohol motifs (C(OH)–C–C–N with tert-alkyl or cyclic N) is 1. The van der Waals surface area contributed by atoms with E-state index in [4.69, 9.17) is 10.7 Å². The zero-order valence-electron chi connectivity index (χ0n) is 12.0. The quantitative estimate of drug-likeness (QED) is 0.883. The molecule has 1 aliphatic heterocycles. The predicted molar refractivity (Wildman–Crippen MR) is 84.4 cm³/mol. The molecule has 2 aromatic rings. The molecular weight excluding hydrogens is 284 g/mol. The lowest BCUT2D eigenvalue weighted by atomic mass is 9.97. The van der Waals surface area contributed by atoms with E-state index in [1.807, 2.05) is 0 Å². The Balaban J connectivity index is 1.68. The average Bonchev–Trinajstić information content (AvgIpc) is 3.02. The summed E-state index contributed by atoms with van der Waals surface area (Å²) in [6.45, 7) is 2.30. The molecule has 1 fully saturated rings. The van der Waals surface area contributed by atoms with Crippen LogP contribution in [0.4, 0.5) is 5.82 Å². The first kappa shape index (κ1) is 13.4. The fraction of sp³-hybridized carbons (Fsp3) is 0.600. The maximum absolute atomic E-state index is 9.61. The van der Waals surface area contributed by atoms with Gasteiger partial charge in [0.1, 0.15) is 16.5 Å². The molecule has 6 heteroatoms. The molecule has 0 saturated carbocycles. The summed E-state index contributed by atoms with van der Waals surface area (Å²) >= 11 is 1.79. The molecule has 2 aromatic heterocycles. The molecule has 0 amide bonds. The van der Waals surface area contributed by atoms with Gasteiger partial charge in [0, 0.05) is 18.0 Å². The minimum absolute atomic E-state index is 0.208. The minimum Gasteiger partial charge on any atom is -0.392 e. The SMILES string of the molecule is Nc1nc(CN2CC[C@H](O)C2)nc2sc3c(c12)CCCC3. The van der Waals surface area contributed by atoms with Gasteiger partial charge >= 0.3 is 0 Å². The lowest BCUT2D eigenvalue weighted by Crippen LogP contribution is -2.23. The molecule has 3 heterocycles. The standard InChI is InChI=1S/C15H20N4OS/c16-14-13-10-3-1-2-4-11(10)21-15(13)18-12(17-14)8-19-6-5-9(20)7-19/h9,20H,1-8H2,(H2,16,17,18)/t9-/m0/s1. The van der Waals surface area contributed by atoms with Crippen LogP contribution in [0, 0.1) is 0 Å². The number of aromatic nitrogens is 2. The lowest BCUT2D eigenvalue weighted by molar-refractivity contribution is 0.174. The van der Waals surface area contributed by atoms with E-state index in [-0.39, 0.29) is 6.10 Å². The Morgan fingerprint density at radius 2 is 2.14 bits per heavy atom. The van der Waals surface area contributed by atoms with Gasteiger partial charge in [0.15, 0.2) is 0 Å². The third-order valence-corrected chi connectivity index (χ3v) is 5.69. The zero-order chi connectivity index (χ0) is 14.4. The van der Waals surface area contributed by atoms with Gasteiger partial charge in [-0.15, -0.1) is 11.3 Å². The summed E-state index contributed by atoms with van der Waals surface area (Å²) in [5.41, 5.74) is 7.61. The van der Waals surface area contributed by atoms with Crippen molar-refractivity contribution in [3.8, 4) is 0 Å². The zero-order valence-corrected chi connectivity index (χ0v) is 12.8. The Kier molecular flexibility index (Phi) is 3.32. The Bertz CT molecular complexity index is 684. The van der Waals surface area contributed by atoms with Crippen molar-refractivity contribution in [1.29, 1.82) is 0 Å². The molecule has 5 nitrogen and oxygen atoms in total. The summed E-state index contributed by atoms with van der Waals surface area (Å²) in [4.78, 5) is 13.9. The summed E-state index contributed by atoms with van der Waals surface area (Å²) in [7, 11) is 0. The van der Waals surface area contributed by atoms with Crippen molar-refractivity contribution >= 4 is 27.4 Å². The number of aliphatic hydroxyl groups excluding tert-OH is 1. The Labute approximate surface area is 127 Å². The fourth-order valence-corrected chi connectivity index (χ4v) is 4.75. The Hall–Kier alpha value is -1.24. The monoisotopic (exact) mass is 304 g/mol. The van der Waals surface area contributed by atoms with Crippen LogP contribution >= 0.6 is 11.3 Å². The van der Waals surface area contributed by atoms with Crippen LogP contribution in [0.25, 0.3) is 10.2 Å². The molecule has 1 aliphatic carbocycles.